The van der Waals surface area contributed by atoms with Crippen LogP contribution in [0.3, 0.4) is 0 Å². The molecule has 3 heteroatoms. The summed E-state index contributed by atoms with van der Waals surface area (Å²) < 4.78 is 5.06. The maximum absolute atomic E-state index is 11.0. The van der Waals surface area contributed by atoms with Crippen LogP contribution in [0, 0.1) is 0 Å². The summed E-state index contributed by atoms with van der Waals surface area (Å²) in [6, 6.07) is 7.35. The molecule has 0 fully saturated rings. The van der Waals surface area contributed by atoms with E-state index >= 15 is 0 Å². The van der Waals surface area contributed by atoms with Crippen LogP contribution in [0.25, 0.3) is 10.9 Å². The third kappa shape index (κ3) is 1.40. The van der Waals surface area contributed by atoms with Crippen molar-refractivity contribution in [1.29, 1.82) is 0 Å². The van der Waals surface area contributed by atoms with Crippen LogP contribution in [0.4, 0.5) is 0 Å². The Morgan fingerprint density at radius 3 is 3.07 bits per heavy atom. The van der Waals surface area contributed by atoms with Crippen LogP contribution in [0.1, 0.15) is 0 Å². The minimum Gasteiger partial charge on any atom is -0.423 e. The van der Waals surface area contributed by atoms with Crippen LogP contribution in [-0.2, 0) is 4.79 Å². The largest absolute Gasteiger partial charge is 0.423 e. The molecule has 0 saturated heterocycles. The van der Waals surface area contributed by atoms with Gasteiger partial charge in [0.15, 0.2) is 0 Å². The van der Waals surface area contributed by atoms with Gasteiger partial charge in [0.1, 0.15) is 5.75 Å². The first-order valence-electron chi connectivity index (χ1n) is 4.21. The molecule has 1 N–H and O–H groups in total. The molecule has 0 aliphatic carbocycles. The SMILES string of the molecule is C=CC(=O)Oc1cccc2[nH]ccc12. The molecule has 0 saturated carbocycles. The number of H-pyrrole nitrogens is 1. The van der Waals surface area contributed by atoms with Gasteiger partial charge in [-0.25, -0.2) is 4.79 Å². The normalized spacial score (nSPS) is 10.0. The quantitative estimate of drug-likeness (QED) is 0.445. The molecule has 0 radical (unpaired) electrons. The lowest BCUT2D eigenvalue weighted by Gasteiger charge is -2.01. The molecule has 2 aromatic rings. The minimum absolute atomic E-state index is 0.446. The first-order valence-corrected chi connectivity index (χ1v) is 4.21. The highest BCUT2D eigenvalue weighted by Crippen LogP contribution is 2.24. The molecule has 0 atom stereocenters. The van der Waals surface area contributed by atoms with E-state index < -0.39 is 5.97 Å². The zero-order valence-electron chi connectivity index (χ0n) is 7.49. The predicted molar refractivity (Wildman–Crippen MR) is 54.1 cm³/mol. The highest BCUT2D eigenvalue weighted by Gasteiger charge is 2.04. The number of benzene rings is 1. The van der Waals surface area contributed by atoms with Gasteiger partial charge in [-0.15, -0.1) is 0 Å². The number of aromatic nitrogens is 1. The number of carbonyl (C=O) groups excluding carboxylic acids is 1. The maximum Gasteiger partial charge on any atom is 0.335 e. The van der Waals surface area contributed by atoms with Crippen LogP contribution in [0.2, 0.25) is 0 Å². The van der Waals surface area contributed by atoms with E-state index in [1.807, 2.05) is 18.2 Å². The number of hydrogen-bond donors (Lipinski definition) is 1. The first kappa shape index (κ1) is 8.56. The monoisotopic (exact) mass is 187 g/mol. The molecule has 2 rings (SSSR count). The average Bonchev–Trinajstić information content (AvgIpc) is 2.66. The Morgan fingerprint density at radius 2 is 2.29 bits per heavy atom. The van der Waals surface area contributed by atoms with Gasteiger partial charge in [-0.2, -0.15) is 0 Å². The van der Waals surface area contributed by atoms with Gasteiger partial charge >= 0.3 is 5.97 Å². The van der Waals surface area contributed by atoms with Crippen molar-refractivity contribution in [1.82, 2.24) is 4.98 Å². The lowest BCUT2D eigenvalue weighted by atomic mass is 10.2. The second-order valence-corrected chi connectivity index (χ2v) is 2.82. The molecule has 0 unspecified atom stereocenters. The summed E-state index contributed by atoms with van der Waals surface area (Å²) >= 11 is 0. The fourth-order valence-corrected chi connectivity index (χ4v) is 1.30. The van der Waals surface area contributed by atoms with E-state index in [9.17, 15) is 4.79 Å². The number of rotatable bonds is 2. The van der Waals surface area contributed by atoms with E-state index in [4.69, 9.17) is 4.74 Å². The smallest absolute Gasteiger partial charge is 0.335 e. The maximum atomic E-state index is 11.0. The topological polar surface area (TPSA) is 42.1 Å². The number of nitrogens with one attached hydrogen (secondary N) is 1. The zero-order valence-corrected chi connectivity index (χ0v) is 7.49. The van der Waals surface area contributed by atoms with E-state index in [1.54, 1.807) is 12.3 Å². The summed E-state index contributed by atoms with van der Waals surface area (Å²) in [5, 5.41) is 0.891. The van der Waals surface area contributed by atoms with Gasteiger partial charge < -0.3 is 9.72 Å². The van der Waals surface area contributed by atoms with Crippen LogP contribution >= 0.6 is 0 Å². The van der Waals surface area contributed by atoms with Crippen LogP contribution in [-0.4, -0.2) is 11.0 Å². The van der Waals surface area contributed by atoms with Gasteiger partial charge in [-0.1, -0.05) is 12.6 Å². The van der Waals surface area contributed by atoms with Gasteiger partial charge in [0, 0.05) is 23.2 Å². The molecular weight excluding hydrogens is 178 g/mol. The summed E-state index contributed by atoms with van der Waals surface area (Å²) in [4.78, 5) is 14.0. The van der Waals surface area contributed by atoms with Crippen molar-refractivity contribution in [3.63, 3.8) is 0 Å². The van der Waals surface area contributed by atoms with E-state index in [2.05, 4.69) is 11.6 Å². The standard InChI is InChI=1S/C11H9NO2/c1-2-11(13)14-10-5-3-4-9-8(10)6-7-12-9/h2-7,12H,1H2. The molecule has 3 nitrogen and oxygen atoms in total. The van der Waals surface area contributed by atoms with Crippen LogP contribution in [0.5, 0.6) is 5.75 Å². The fourth-order valence-electron chi connectivity index (χ4n) is 1.30. The van der Waals surface area contributed by atoms with Gasteiger partial charge in [-0.05, 0) is 18.2 Å². The Kier molecular flexibility index (Phi) is 2.07. The highest BCUT2D eigenvalue weighted by atomic mass is 16.5. The summed E-state index contributed by atoms with van der Waals surface area (Å²) in [5.74, 6) is 0.104. The molecule has 0 spiro atoms. The van der Waals surface area contributed by atoms with Crippen LogP contribution < -0.4 is 4.74 Å². The van der Waals surface area contributed by atoms with Gasteiger partial charge in [-0.3, -0.25) is 0 Å². The number of hydrogen-bond acceptors (Lipinski definition) is 2. The van der Waals surface area contributed by atoms with Gasteiger partial charge in [0.05, 0.1) is 0 Å². The predicted octanol–water partition coefficient (Wildman–Crippen LogP) is 2.26. The third-order valence-electron chi connectivity index (χ3n) is 1.93. The van der Waals surface area contributed by atoms with Crippen molar-refractivity contribution in [2.45, 2.75) is 0 Å². The molecule has 1 aromatic heterocycles. The number of aromatic amines is 1. The van der Waals surface area contributed by atoms with Crippen molar-refractivity contribution in [2.24, 2.45) is 0 Å². The molecule has 14 heavy (non-hydrogen) atoms. The van der Waals surface area contributed by atoms with E-state index in [0.29, 0.717) is 5.75 Å². The van der Waals surface area contributed by atoms with Gasteiger partial charge in [0.25, 0.3) is 0 Å². The summed E-state index contributed by atoms with van der Waals surface area (Å²) in [6.45, 7) is 3.34. The van der Waals surface area contributed by atoms with Crippen molar-refractivity contribution >= 4 is 16.9 Å². The Labute approximate surface area is 81.0 Å². The molecule has 0 aliphatic heterocycles. The van der Waals surface area contributed by atoms with E-state index in [1.165, 1.54) is 0 Å². The van der Waals surface area contributed by atoms with Crippen molar-refractivity contribution < 1.29 is 9.53 Å². The highest BCUT2D eigenvalue weighted by molar-refractivity contribution is 5.90. The van der Waals surface area contributed by atoms with Crippen molar-refractivity contribution in [3.05, 3.63) is 43.1 Å². The second kappa shape index (κ2) is 3.38. The molecular formula is C11H9NO2. The Balaban J connectivity index is 2.46. The first-order chi connectivity index (χ1) is 6.81. The number of carbonyl (C=O) groups is 1. The van der Waals surface area contributed by atoms with Gasteiger partial charge in [0.2, 0.25) is 0 Å². The molecule has 1 aromatic carbocycles. The minimum atomic E-state index is -0.446. The van der Waals surface area contributed by atoms with E-state index in [0.717, 1.165) is 17.0 Å². The fraction of sp³-hybridized carbons (Fsp3) is 0. The van der Waals surface area contributed by atoms with Crippen LogP contribution in [0.15, 0.2) is 43.1 Å². The lowest BCUT2D eigenvalue weighted by Crippen LogP contribution is -2.02. The summed E-state index contributed by atoms with van der Waals surface area (Å²) in [5.41, 5.74) is 0.944. The molecule has 0 aliphatic rings. The zero-order chi connectivity index (χ0) is 9.97. The van der Waals surface area contributed by atoms with Crippen molar-refractivity contribution in [2.75, 3.05) is 0 Å². The molecule has 70 valence electrons. The molecule has 0 amide bonds. The summed E-state index contributed by atoms with van der Waals surface area (Å²) in [7, 11) is 0. The Morgan fingerprint density at radius 1 is 1.43 bits per heavy atom. The van der Waals surface area contributed by atoms with E-state index in [-0.39, 0.29) is 0 Å². The van der Waals surface area contributed by atoms with Crippen molar-refractivity contribution in [3.8, 4) is 5.75 Å². The average molecular weight is 187 g/mol. The molecule has 1 heterocycles. The Hall–Kier alpha value is -2.03. The summed E-state index contributed by atoms with van der Waals surface area (Å²) in [6.07, 6.45) is 2.95. The number of ether oxygens (including phenoxy) is 1. The number of esters is 1. The lowest BCUT2D eigenvalue weighted by molar-refractivity contribution is -0.128. The third-order valence-corrected chi connectivity index (χ3v) is 1.93. The molecule has 0 bridgehead atoms. The Bertz CT molecular complexity index is 485. The second-order valence-electron chi connectivity index (χ2n) is 2.82. The number of fused-ring (bicyclic) bond motifs is 1.